The lowest BCUT2D eigenvalue weighted by Gasteiger charge is -2.36. The fourth-order valence-electron chi connectivity index (χ4n) is 3.25. The summed E-state index contributed by atoms with van der Waals surface area (Å²) in [6.45, 7) is 4.60. The molecule has 0 N–H and O–H groups in total. The van der Waals surface area contributed by atoms with Crippen LogP contribution in [0.1, 0.15) is 110 Å². The van der Waals surface area contributed by atoms with Crippen molar-refractivity contribution in [3.63, 3.8) is 0 Å². The van der Waals surface area contributed by atoms with Gasteiger partial charge in [0.05, 0.1) is 6.61 Å². The zero-order valence-corrected chi connectivity index (χ0v) is 28.9. The Bertz CT molecular complexity index is 416. The first-order valence-corrected chi connectivity index (χ1v) is 16.8. The summed E-state index contributed by atoms with van der Waals surface area (Å²) >= 11 is 12.0. The van der Waals surface area contributed by atoms with Gasteiger partial charge < -0.3 is 4.74 Å². The van der Waals surface area contributed by atoms with Crippen molar-refractivity contribution in [1.82, 2.24) is 0 Å². The van der Waals surface area contributed by atoms with E-state index in [1.165, 1.54) is 89.9 Å². The molecule has 29 heavy (non-hydrogen) atoms. The third-order valence-corrected chi connectivity index (χ3v) is 18.9. The van der Waals surface area contributed by atoms with Crippen LogP contribution in [-0.2, 0) is 9.53 Å². The molecule has 0 saturated carbocycles. The lowest BCUT2D eigenvalue weighted by Crippen LogP contribution is -2.47. The van der Waals surface area contributed by atoms with Crippen LogP contribution >= 0.6 is 113 Å². The molecule has 0 amide bonds. The second-order valence-corrected chi connectivity index (χ2v) is 20.0. The predicted molar refractivity (Wildman–Crippen MR) is 171 cm³/mol. The van der Waals surface area contributed by atoms with E-state index in [1.807, 2.05) is 6.92 Å². The quantitative estimate of drug-likeness (QED) is 0.0558. The number of carbonyl (C=O) groups excluding carboxylic acids is 1. The molecule has 0 saturated heterocycles. The Labute approximate surface area is 248 Å². The molecule has 0 fully saturated rings. The van der Waals surface area contributed by atoms with Crippen molar-refractivity contribution in [2.45, 2.75) is 117 Å². The van der Waals surface area contributed by atoms with Gasteiger partial charge in [0.2, 0.25) is 0 Å². The van der Waals surface area contributed by atoms with Crippen molar-refractivity contribution in [2.24, 2.45) is 0 Å². The second-order valence-electron chi connectivity index (χ2n) is 7.77. The molecule has 0 aliphatic carbocycles. The normalized spacial score (nSPS) is 13.5. The highest BCUT2D eigenvalue weighted by Crippen LogP contribution is 2.55. The first-order chi connectivity index (χ1) is 13.7. The molecule has 0 heterocycles. The molecule has 174 valence electrons. The molecule has 0 aromatic carbocycles. The number of unbranched alkanes of at least 4 members (excludes halogenated alkanes) is 13. The Morgan fingerprint density at radius 2 is 1.10 bits per heavy atom. The second kappa shape index (κ2) is 19.4. The number of ether oxygens (including phenoxy) is 1. The van der Waals surface area contributed by atoms with Gasteiger partial charge in [-0.15, -0.1) is 0 Å². The number of halogens is 5. The molecule has 0 spiro atoms. The van der Waals surface area contributed by atoms with Crippen LogP contribution in [0.25, 0.3) is 0 Å². The summed E-state index contributed by atoms with van der Waals surface area (Å²) < 4.78 is 5.04. The monoisotopic (exact) mass is 970 g/mol. The molecule has 0 aromatic rings. The van der Waals surface area contributed by atoms with Crippen molar-refractivity contribution in [3.8, 4) is 0 Å². The van der Waals surface area contributed by atoms with Gasteiger partial charge in [0.25, 0.3) is 0 Å². The Balaban J connectivity index is 3.76. The molecule has 1 atom stereocenters. The summed E-state index contributed by atoms with van der Waals surface area (Å²) in [5.41, 5.74) is 0. The van der Waals surface area contributed by atoms with Crippen LogP contribution in [0.2, 0.25) is 0 Å². The molecule has 2 nitrogen and oxygen atoms in total. The van der Waals surface area contributed by atoms with Gasteiger partial charge in [-0.2, -0.15) is 0 Å². The first kappa shape index (κ1) is 32.1. The lowest BCUT2D eigenvalue weighted by molar-refractivity contribution is -0.142. The van der Waals surface area contributed by atoms with Gasteiger partial charge in [0.15, 0.2) is 1.43 Å². The van der Waals surface area contributed by atoms with Gasteiger partial charge in [-0.05, 0) is 13.3 Å². The third kappa shape index (κ3) is 14.2. The van der Waals surface area contributed by atoms with Gasteiger partial charge in [0, 0.05) is 3.92 Å². The number of alkyl halides is 5. The molecular weight excluding hydrogens is 931 g/mol. The van der Waals surface area contributed by atoms with E-state index in [-0.39, 0.29) is 7.40 Å². The van der Waals surface area contributed by atoms with E-state index in [9.17, 15) is 4.79 Å². The Kier molecular flexibility index (Phi) is 21.5. The number of carbonyl (C=O) groups is 1. The minimum atomic E-state index is -0.540. The summed E-state index contributed by atoms with van der Waals surface area (Å²) in [6.07, 6.45) is 20.7. The van der Waals surface area contributed by atoms with Gasteiger partial charge in [-0.1, -0.05) is 210 Å². The van der Waals surface area contributed by atoms with Crippen molar-refractivity contribution in [2.75, 3.05) is 6.61 Å². The number of hydrogen-bond acceptors (Lipinski definition) is 2. The molecule has 0 aromatic heterocycles. The molecule has 0 aliphatic heterocycles. The fraction of sp³-hybridized carbons (Fsp3) is 0.955. The van der Waals surface area contributed by atoms with Crippen molar-refractivity contribution < 1.29 is 9.53 Å². The van der Waals surface area contributed by atoms with Gasteiger partial charge in [-0.25, -0.2) is 4.79 Å². The summed E-state index contributed by atoms with van der Waals surface area (Å²) in [6, 6.07) is 0. The minimum absolute atomic E-state index is 0.104. The van der Waals surface area contributed by atoms with E-state index in [2.05, 4.69) is 120 Å². The van der Waals surface area contributed by atoms with Crippen molar-refractivity contribution in [3.05, 3.63) is 0 Å². The largest absolute Gasteiger partial charge is 0.464 e. The highest BCUT2D eigenvalue weighted by atomic mass is 127. The number of esters is 1. The Hall–Kier alpha value is 3.12. The predicted octanol–water partition coefficient (Wildman–Crippen LogP) is 10.4. The average molecular weight is 970 g/mol. The highest BCUT2D eigenvalue weighted by molar-refractivity contribution is 14.2. The van der Waals surface area contributed by atoms with Gasteiger partial charge >= 0.3 is 5.97 Å². The summed E-state index contributed by atoms with van der Waals surface area (Å²) in [7, 11) is 0. The SMILES string of the molecule is CCCCCCCCCCCCCCCCC(I)C(I)(I)C(I)(I)C(=O)OCC. The molecule has 0 aliphatic rings. The van der Waals surface area contributed by atoms with Crippen molar-refractivity contribution >= 4 is 119 Å². The maximum atomic E-state index is 12.4. The molecule has 1 unspecified atom stereocenters. The van der Waals surface area contributed by atoms with Gasteiger partial charge in [0.1, 0.15) is 1.43 Å². The standard InChI is InChI=1S/C22H39I5O2/c1-3-5-6-7-8-9-10-11-12-13-14-15-16-17-18-19(23)21(24,25)22(26,27)20(28)29-4-2/h19H,3-18H2,1-2H3. The van der Waals surface area contributed by atoms with Crippen LogP contribution in [0, 0.1) is 0 Å². The van der Waals surface area contributed by atoms with E-state index in [4.69, 9.17) is 4.74 Å². The zero-order chi connectivity index (χ0) is 22.2. The van der Waals surface area contributed by atoms with Gasteiger partial charge in [-0.3, -0.25) is 0 Å². The van der Waals surface area contributed by atoms with Crippen LogP contribution in [0.5, 0.6) is 0 Å². The van der Waals surface area contributed by atoms with E-state index >= 15 is 0 Å². The molecule has 7 heteroatoms. The van der Waals surface area contributed by atoms with E-state index < -0.39 is 1.43 Å². The maximum Gasteiger partial charge on any atom is 0.334 e. The Morgan fingerprint density at radius 1 is 0.724 bits per heavy atom. The van der Waals surface area contributed by atoms with E-state index in [0.717, 1.165) is 6.42 Å². The number of hydrogen-bond donors (Lipinski definition) is 0. The summed E-state index contributed by atoms with van der Waals surface area (Å²) in [5.74, 6) is -0.104. The van der Waals surface area contributed by atoms with Crippen LogP contribution in [0.3, 0.4) is 0 Å². The van der Waals surface area contributed by atoms with Crippen molar-refractivity contribution in [1.29, 1.82) is 0 Å². The zero-order valence-electron chi connectivity index (χ0n) is 18.1. The molecule has 0 bridgehead atoms. The topological polar surface area (TPSA) is 26.3 Å². The van der Waals surface area contributed by atoms with Crippen LogP contribution in [0.4, 0.5) is 0 Å². The average Bonchev–Trinajstić information content (AvgIpc) is 2.67. The number of rotatable bonds is 19. The third-order valence-electron chi connectivity index (χ3n) is 5.15. The van der Waals surface area contributed by atoms with Crippen LogP contribution in [0.15, 0.2) is 0 Å². The van der Waals surface area contributed by atoms with Crippen LogP contribution in [-0.4, -0.2) is 19.4 Å². The highest BCUT2D eigenvalue weighted by Gasteiger charge is 2.55. The summed E-state index contributed by atoms with van der Waals surface area (Å²) in [5, 5.41) is 0. The molecule has 0 radical (unpaired) electrons. The van der Waals surface area contributed by atoms with E-state index in [1.54, 1.807) is 0 Å². The maximum absolute atomic E-state index is 12.4. The molecular formula is C22H39I5O2. The van der Waals surface area contributed by atoms with Crippen LogP contribution < -0.4 is 0 Å². The minimum Gasteiger partial charge on any atom is -0.464 e. The van der Waals surface area contributed by atoms with E-state index in [0.29, 0.717) is 10.5 Å². The first-order valence-electron chi connectivity index (χ1n) is 11.3. The molecule has 0 rings (SSSR count). The fourth-order valence-corrected chi connectivity index (χ4v) is 7.48. The lowest BCUT2D eigenvalue weighted by atomic mass is 10.0. The smallest absolute Gasteiger partial charge is 0.334 e. The Morgan fingerprint density at radius 3 is 1.48 bits per heavy atom. The summed E-state index contributed by atoms with van der Waals surface area (Å²) in [4.78, 5) is 12.4.